The van der Waals surface area contributed by atoms with Crippen LogP contribution in [-0.2, 0) is 0 Å². The average Bonchev–Trinajstić information content (AvgIpc) is 2.60. The molecule has 3 aromatic rings. The van der Waals surface area contributed by atoms with E-state index in [1.807, 2.05) is 37.3 Å². The van der Waals surface area contributed by atoms with Crippen LogP contribution in [0.15, 0.2) is 65.8 Å². The number of fused-ring (bicyclic) bond motifs is 1. The van der Waals surface area contributed by atoms with Crippen molar-refractivity contribution >= 4 is 22.2 Å². The van der Waals surface area contributed by atoms with Gasteiger partial charge in [0.05, 0.1) is 18.5 Å². The maximum Gasteiger partial charge on any atom is 0.123 e. The van der Waals surface area contributed by atoms with Gasteiger partial charge in [-0.1, -0.05) is 18.2 Å². The molecule has 0 aliphatic heterocycles. The summed E-state index contributed by atoms with van der Waals surface area (Å²) < 4.78 is 18.1. The van der Waals surface area contributed by atoms with E-state index in [2.05, 4.69) is 16.6 Å². The van der Waals surface area contributed by atoms with E-state index in [9.17, 15) is 4.39 Å². The van der Waals surface area contributed by atoms with Gasteiger partial charge < -0.3 is 4.74 Å². The average molecular weight is 308 g/mol. The predicted molar refractivity (Wildman–Crippen MR) is 92.7 cm³/mol. The highest BCUT2D eigenvalue weighted by atomic mass is 19.1. The molecule has 0 unspecified atom stereocenters. The monoisotopic (exact) mass is 308 g/mol. The fourth-order valence-electron chi connectivity index (χ4n) is 2.31. The van der Waals surface area contributed by atoms with Gasteiger partial charge >= 0.3 is 0 Å². The third-order valence-corrected chi connectivity index (χ3v) is 3.66. The molecule has 0 fully saturated rings. The molecule has 0 saturated heterocycles. The Bertz CT molecular complexity index is 857. The molecule has 0 saturated carbocycles. The smallest absolute Gasteiger partial charge is 0.123 e. The van der Waals surface area contributed by atoms with Crippen molar-refractivity contribution in [1.82, 2.24) is 0 Å². The Labute approximate surface area is 134 Å². The van der Waals surface area contributed by atoms with Crippen LogP contribution in [0.3, 0.4) is 0 Å². The third-order valence-electron chi connectivity index (χ3n) is 3.66. The SMILES string of the molecule is COc1ccc2cc(C(C)=NNc3ccc(F)cc3)ccc2c1. The van der Waals surface area contributed by atoms with Gasteiger partial charge in [-0.15, -0.1) is 0 Å². The highest BCUT2D eigenvalue weighted by Crippen LogP contribution is 2.22. The normalized spacial score (nSPS) is 11.5. The molecular weight excluding hydrogens is 291 g/mol. The summed E-state index contributed by atoms with van der Waals surface area (Å²) in [4.78, 5) is 0. The molecule has 1 N–H and O–H groups in total. The van der Waals surface area contributed by atoms with Gasteiger partial charge in [0.2, 0.25) is 0 Å². The Balaban J connectivity index is 1.83. The van der Waals surface area contributed by atoms with Crippen molar-refractivity contribution < 1.29 is 9.13 Å². The van der Waals surface area contributed by atoms with Gasteiger partial charge in [0.25, 0.3) is 0 Å². The van der Waals surface area contributed by atoms with E-state index in [4.69, 9.17) is 4.74 Å². The van der Waals surface area contributed by atoms with Gasteiger partial charge in [0.1, 0.15) is 11.6 Å². The first kappa shape index (κ1) is 15.0. The molecule has 4 heteroatoms. The van der Waals surface area contributed by atoms with Crippen LogP contribution in [0, 0.1) is 5.82 Å². The molecule has 0 aliphatic carbocycles. The number of hydrazone groups is 1. The van der Waals surface area contributed by atoms with E-state index in [-0.39, 0.29) is 5.82 Å². The molecule has 0 aliphatic rings. The number of benzene rings is 3. The van der Waals surface area contributed by atoms with E-state index in [0.29, 0.717) is 0 Å². The molecule has 116 valence electrons. The second-order valence-corrected chi connectivity index (χ2v) is 5.24. The Hall–Kier alpha value is -2.88. The summed E-state index contributed by atoms with van der Waals surface area (Å²) in [6.07, 6.45) is 0. The molecule has 0 spiro atoms. The number of anilines is 1. The lowest BCUT2D eigenvalue weighted by atomic mass is 10.0. The van der Waals surface area contributed by atoms with E-state index in [1.54, 1.807) is 19.2 Å². The van der Waals surface area contributed by atoms with Crippen LogP contribution in [0.25, 0.3) is 10.8 Å². The fourth-order valence-corrected chi connectivity index (χ4v) is 2.31. The number of rotatable bonds is 4. The second-order valence-electron chi connectivity index (χ2n) is 5.24. The van der Waals surface area contributed by atoms with Crippen LogP contribution < -0.4 is 10.2 Å². The molecule has 23 heavy (non-hydrogen) atoms. The zero-order valence-electron chi connectivity index (χ0n) is 13.0. The quantitative estimate of drug-likeness (QED) is 0.553. The molecule has 0 heterocycles. The number of ether oxygens (including phenoxy) is 1. The lowest BCUT2D eigenvalue weighted by Crippen LogP contribution is -1.99. The minimum absolute atomic E-state index is 0.263. The highest BCUT2D eigenvalue weighted by Gasteiger charge is 2.02. The first-order valence-corrected chi connectivity index (χ1v) is 7.30. The summed E-state index contributed by atoms with van der Waals surface area (Å²) in [6.45, 7) is 1.93. The summed E-state index contributed by atoms with van der Waals surface area (Å²) in [5.41, 5.74) is 5.56. The van der Waals surface area contributed by atoms with E-state index >= 15 is 0 Å². The van der Waals surface area contributed by atoms with Crippen molar-refractivity contribution in [2.45, 2.75) is 6.92 Å². The topological polar surface area (TPSA) is 33.6 Å². The van der Waals surface area contributed by atoms with Crippen LogP contribution in [-0.4, -0.2) is 12.8 Å². The molecule has 0 aromatic heterocycles. The molecule has 0 radical (unpaired) electrons. The number of halogens is 1. The summed E-state index contributed by atoms with van der Waals surface area (Å²) in [5, 5.41) is 6.60. The molecule has 3 aromatic carbocycles. The van der Waals surface area contributed by atoms with E-state index < -0.39 is 0 Å². The zero-order valence-corrected chi connectivity index (χ0v) is 13.0. The number of nitrogens with zero attached hydrogens (tertiary/aromatic N) is 1. The second kappa shape index (κ2) is 6.48. The zero-order chi connectivity index (χ0) is 16.2. The maximum absolute atomic E-state index is 12.9. The van der Waals surface area contributed by atoms with Crippen LogP contribution in [0.2, 0.25) is 0 Å². The summed E-state index contributed by atoms with van der Waals surface area (Å²) in [7, 11) is 1.66. The molecule has 0 amide bonds. The van der Waals surface area contributed by atoms with Crippen LogP contribution >= 0.6 is 0 Å². The number of methoxy groups -OCH3 is 1. The van der Waals surface area contributed by atoms with Gasteiger partial charge in [-0.3, -0.25) is 5.43 Å². The third kappa shape index (κ3) is 3.48. The van der Waals surface area contributed by atoms with Crippen molar-refractivity contribution in [1.29, 1.82) is 0 Å². The number of nitrogens with one attached hydrogen (secondary N) is 1. The van der Waals surface area contributed by atoms with Gasteiger partial charge in [0.15, 0.2) is 0 Å². The van der Waals surface area contributed by atoms with Gasteiger partial charge in [-0.25, -0.2) is 4.39 Å². The maximum atomic E-state index is 12.9. The lowest BCUT2D eigenvalue weighted by molar-refractivity contribution is 0.415. The minimum atomic E-state index is -0.263. The number of hydrogen-bond donors (Lipinski definition) is 1. The minimum Gasteiger partial charge on any atom is -0.497 e. The fraction of sp³-hybridized carbons (Fsp3) is 0.105. The van der Waals surface area contributed by atoms with E-state index in [1.165, 1.54) is 12.1 Å². The highest BCUT2D eigenvalue weighted by molar-refractivity contribution is 6.02. The largest absolute Gasteiger partial charge is 0.497 e. The molecular formula is C19H17FN2O. The Morgan fingerprint density at radius 1 is 0.957 bits per heavy atom. The van der Waals surface area contributed by atoms with Crippen LogP contribution in [0.5, 0.6) is 5.75 Å². The van der Waals surface area contributed by atoms with Crippen molar-refractivity contribution in [3.05, 3.63) is 72.0 Å². The standard InChI is InChI=1S/C19H17FN2O/c1-13(21-22-18-8-6-17(20)7-9-18)14-3-4-16-12-19(23-2)10-5-15(16)11-14/h3-12,22H,1-2H3. The first-order valence-electron chi connectivity index (χ1n) is 7.30. The van der Waals surface area contributed by atoms with Gasteiger partial charge in [-0.05, 0) is 65.7 Å². The Morgan fingerprint density at radius 2 is 1.65 bits per heavy atom. The summed E-state index contributed by atoms with van der Waals surface area (Å²) in [5.74, 6) is 0.579. The van der Waals surface area contributed by atoms with Crippen molar-refractivity contribution in [2.24, 2.45) is 5.10 Å². The predicted octanol–water partition coefficient (Wildman–Crippen LogP) is 4.82. The van der Waals surface area contributed by atoms with E-state index in [0.717, 1.165) is 33.5 Å². The van der Waals surface area contributed by atoms with Crippen LogP contribution in [0.1, 0.15) is 12.5 Å². The van der Waals surface area contributed by atoms with Crippen molar-refractivity contribution in [3.8, 4) is 5.75 Å². The molecule has 3 rings (SSSR count). The Kier molecular flexibility index (Phi) is 4.24. The van der Waals surface area contributed by atoms with Crippen molar-refractivity contribution in [3.63, 3.8) is 0 Å². The van der Waals surface area contributed by atoms with Gasteiger partial charge in [-0.2, -0.15) is 5.10 Å². The Morgan fingerprint density at radius 3 is 2.39 bits per heavy atom. The molecule has 3 nitrogen and oxygen atoms in total. The first-order chi connectivity index (χ1) is 11.2. The summed E-state index contributed by atoms with van der Waals surface area (Å²) in [6, 6.07) is 18.2. The summed E-state index contributed by atoms with van der Waals surface area (Å²) >= 11 is 0. The molecule has 0 bridgehead atoms. The lowest BCUT2D eigenvalue weighted by Gasteiger charge is -2.06. The molecule has 0 atom stereocenters. The number of hydrogen-bond acceptors (Lipinski definition) is 3. The van der Waals surface area contributed by atoms with Crippen LogP contribution in [0.4, 0.5) is 10.1 Å². The van der Waals surface area contributed by atoms with Gasteiger partial charge in [0, 0.05) is 0 Å². The van der Waals surface area contributed by atoms with Crippen molar-refractivity contribution in [2.75, 3.05) is 12.5 Å².